The number of hydrogen-bond donors (Lipinski definition) is 3. The molecule has 4 aliphatic rings. The van der Waals surface area contributed by atoms with E-state index >= 15 is 4.79 Å². The summed E-state index contributed by atoms with van der Waals surface area (Å²) in [6.45, 7) is 15.5. The summed E-state index contributed by atoms with van der Waals surface area (Å²) in [5.41, 5.74) is -0.176. The van der Waals surface area contributed by atoms with Gasteiger partial charge in [0.15, 0.2) is 0 Å². The Labute approximate surface area is 330 Å². The van der Waals surface area contributed by atoms with Gasteiger partial charge < -0.3 is 15.3 Å². The zero-order valence-electron chi connectivity index (χ0n) is 32.8. The van der Waals surface area contributed by atoms with Crippen molar-refractivity contribution in [1.82, 2.24) is 19.8 Å². The van der Waals surface area contributed by atoms with Crippen LogP contribution in [0.1, 0.15) is 98.5 Å². The van der Waals surface area contributed by atoms with Gasteiger partial charge in [0.1, 0.15) is 17.6 Å². The van der Waals surface area contributed by atoms with Crippen molar-refractivity contribution in [2.24, 2.45) is 11.3 Å². The molecule has 0 spiro atoms. The van der Waals surface area contributed by atoms with E-state index in [1.54, 1.807) is 11.8 Å². The summed E-state index contributed by atoms with van der Waals surface area (Å²) in [6.07, 6.45) is 4.57. The first-order valence-electron chi connectivity index (χ1n) is 19.4. The maximum Gasteiger partial charge on any atom is 0.408 e. The second kappa shape index (κ2) is 14.9. The van der Waals surface area contributed by atoms with Crippen molar-refractivity contribution < 1.29 is 32.7 Å². The highest BCUT2D eigenvalue weighted by Crippen LogP contribution is 2.52. The van der Waals surface area contributed by atoms with Crippen LogP contribution < -0.4 is 10.0 Å². The standard InChI is InChI=1S/C42H56N4O7S2/c1-8-30-24-42(30,37(49)44-55(52,53)32-20-21-32)43-35(47)33-25-41(54-27(2)3,31-18-16-29(17-19-31)28-14-10-9-11-15-28)26-45(33)36(48)34(39(4,5)6)46(38(50)51)40(7)22-12-13-23-40/h8-11,14-19,27,30,32-34H,1,12-13,20-26H2,2-7H3,(H,43,47)(H,44,49)(H,50,51)/t30-,33+,34-,41+,42-/m1/s1. The minimum absolute atomic E-state index is 0.0808. The van der Waals surface area contributed by atoms with Gasteiger partial charge in [-0.1, -0.05) is 108 Å². The quantitative estimate of drug-likeness (QED) is 0.190. The molecule has 1 aliphatic heterocycles. The molecule has 0 radical (unpaired) electrons. The van der Waals surface area contributed by atoms with E-state index in [1.807, 2.05) is 82.3 Å². The van der Waals surface area contributed by atoms with Crippen molar-refractivity contribution in [2.45, 2.75) is 131 Å². The first-order chi connectivity index (χ1) is 25.8. The molecule has 3 aliphatic carbocycles. The van der Waals surface area contributed by atoms with Gasteiger partial charge in [-0.3, -0.25) is 24.0 Å². The smallest absolute Gasteiger partial charge is 0.408 e. The van der Waals surface area contributed by atoms with Crippen LogP contribution in [0.3, 0.4) is 0 Å². The zero-order chi connectivity index (χ0) is 40.1. The fourth-order valence-corrected chi connectivity index (χ4v) is 11.8. The molecule has 4 fully saturated rings. The van der Waals surface area contributed by atoms with E-state index in [2.05, 4.69) is 30.5 Å². The average molecular weight is 793 g/mol. The Morgan fingerprint density at radius 2 is 1.58 bits per heavy atom. The van der Waals surface area contributed by atoms with Gasteiger partial charge in [-0.15, -0.1) is 18.3 Å². The molecule has 298 valence electrons. The van der Waals surface area contributed by atoms with E-state index in [-0.39, 0.29) is 24.6 Å². The molecule has 2 aromatic carbocycles. The molecule has 0 bridgehead atoms. The predicted molar refractivity (Wildman–Crippen MR) is 216 cm³/mol. The molecular weight excluding hydrogens is 737 g/mol. The van der Waals surface area contributed by atoms with Crippen molar-refractivity contribution in [1.29, 1.82) is 0 Å². The van der Waals surface area contributed by atoms with Gasteiger partial charge in [0, 0.05) is 18.0 Å². The highest BCUT2D eigenvalue weighted by molar-refractivity contribution is 8.00. The molecule has 2 aromatic rings. The molecule has 0 unspecified atom stereocenters. The average Bonchev–Trinajstić information content (AvgIpc) is 4.02. The maximum atomic E-state index is 15.4. The predicted octanol–water partition coefficient (Wildman–Crippen LogP) is 6.69. The maximum absolute atomic E-state index is 15.4. The molecule has 6 rings (SSSR count). The van der Waals surface area contributed by atoms with Gasteiger partial charge >= 0.3 is 6.09 Å². The molecule has 3 saturated carbocycles. The second-order valence-corrected chi connectivity index (χ2v) is 21.5. The van der Waals surface area contributed by atoms with E-state index < -0.39 is 78.3 Å². The van der Waals surface area contributed by atoms with Crippen LogP contribution in [0.2, 0.25) is 0 Å². The Morgan fingerprint density at radius 1 is 0.982 bits per heavy atom. The summed E-state index contributed by atoms with van der Waals surface area (Å²) < 4.78 is 27.2. The minimum Gasteiger partial charge on any atom is -0.465 e. The van der Waals surface area contributed by atoms with E-state index in [1.165, 1.54) is 15.9 Å². The number of sulfonamides is 1. The number of likely N-dealkylation sites (tertiary alicyclic amines) is 1. The van der Waals surface area contributed by atoms with Gasteiger partial charge in [0.2, 0.25) is 21.8 Å². The first-order valence-corrected chi connectivity index (χ1v) is 21.9. The lowest BCUT2D eigenvalue weighted by Crippen LogP contribution is -2.64. The Bertz CT molecular complexity index is 1920. The van der Waals surface area contributed by atoms with Gasteiger partial charge in [0.05, 0.1) is 10.00 Å². The Morgan fingerprint density at radius 3 is 2.09 bits per heavy atom. The molecule has 3 N–H and O–H groups in total. The molecule has 55 heavy (non-hydrogen) atoms. The highest BCUT2D eigenvalue weighted by atomic mass is 32.2. The van der Waals surface area contributed by atoms with Crippen molar-refractivity contribution in [3.05, 3.63) is 72.8 Å². The number of nitrogens with one attached hydrogen (secondary N) is 2. The summed E-state index contributed by atoms with van der Waals surface area (Å²) in [7, 11) is -3.91. The number of rotatable bonds is 13. The number of carbonyl (C=O) groups is 4. The topological polar surface area (TPSA) is 153 Å². The summed E-state index contributed by atoms with van der Waals surface area (Å²) in [4.78, 5) is 60.0. The molecule has 4 amide bonds. The van der Waals surface area contributed by atoms with Crippen LogP contribution in [0.4, 0.5) is 4.79 Å². The summed E-state index contributed by atoms with van der Waals surface area (Å²) in [6, 6.07) is 15.9. The Balaban J connectivity index is 1.42. The van der Waals surface area contributed by atoms with Crippen LogP contribution in [0, 0.1) is 11.3 Å². The normalized spacial score (nSPS) is 26.6. The van der Waals surface area contributed by atoms with Crippen molar-refractivity contribution in [3.63, 3.8) is 0 Å². The monoisotopic (exact) mass is 792 g/mol. The highest BCUT2D eigenvalue weighted by Gasteiger charge is 2.63. The first kappa shape index (κ1) is 40.8. The van der Waals surface area contributed by atoms with Crippen LogP contribution in [-0.2, 0) is 29.2 Å². The van der Waals surface area contributed by atoms with E-state index in [0.29, 0.717) is 25.7 Å². The lowest BCUT2D eigenvalue weighted by Gasteiger charge is -2.47. The fraction of sp³-hybridized carbons (Fsp3) is 0.571. The Kier molecular flexibility index (Phi) is 11.1. The third kappa shape index (κ3) is 8.06. The Hall–Kier alpha value is -3.84. The SMILES string of the molecule is C=C[C@@H]1C[C@]1(NC(=O)[C@@H]1C[C@@](SC(C)C)(c2ccc(-c3ccccc3)cc2)CN1C(=O)[C@@H](N(C(=O)O)C1(C)CCCC1)C(C)(C)C)C(=O)NS(=O)(=O)C1CC1. The van der Waals surface area contributed by atoms with Crippen LogP contribution in [0.5, 0.6) is 0 Å². The van der Waals surface area contributed by atoms with Crippen molar-refractivity contribution in [2.75, 3.05) is 6.54 Å². The van der Waals surface area contributed by atoms with Gasteiger partial charge in [0.25, 0.3) is 5.91 Å². The van der Waals surface area contributed by atoms with Gasteiger partial charge in [-0.25, -0.2) is 13.2 Å². The van der Waals surface area contributed by atoms with E-state index in [4.69, 9.17) is 0 Å². The molecular formula is C42H56N4O7S2. The number of benzene rings is 2. The van der Waals surface area contributed by atoms with E-state index in [9.17, 15) is 27.9 Å². The number of carbonyl (C=O) groups excluding carboxylic acids is 3. The van der Waals surface area contributed by atoms with Gasteiger partial charge in [-0.05, 0) is 72.8 Å². The van der Waals surface area contributed by atoms with E-state index in [0.717, 1.165) is 29.5 Å². The number of hydrogen-bond acceptors (Lipinski definition) is 7. The fourth-order valence-electron chi connectivity index (χ4n) is 8.82. The zero-order valence-corrected chi connectivity index (χ0v) is 34.5. The van der Waals surface area contributed by atoms with Crippen LogP contribution >= 0.6 is 11.8 Å². The lowest BCUT2D eigenvalue weighted by molar-refractivity contribution is -0.148. The van der Waals surface area contributed by atoms with Crippen LogP contribution in [0.15, 0.2) is 67.3 Å². The lowest BCUT2D eigenvalue weighted by atomic mass is 9.81. The summed E-state index contributed by atoms with van der Waals surface area (Å²) >= 11 is 1.65. The molecule has 1 heterocycles. The van der Waals surface area contributed by atoms with Crippen molar-refractivity contribution >= 4 is 45.6 Å². The number of carboxylic acid groups (broad SMARTS) is 1. The third-order valence-corrected chi connectivity index (χ3v) is 15.2. The molecule has 0 aromatic heterocycles. The number of nitrogens with zero attached hydrogens (tertiary/aromatic N) is 2. The number of thioether (sulfide) groups is 1. The number of amides is 4. The molecule has 11 nitrogen and oxygen atoms in total. The summed E-state index contributed by atoms with van der Waals surface area (Å²) in [5, 5.41) is 13.2. The van der Waals surface area contributed by atoms with Crippen molar-refractivity contribution in [3.8, 4) is 11.1 Å². The van der Waals surface area contributed by atoms with Gasteiger partial charge in [-0.2, -0.15) is 0 Å². The molecule has 5 atom stereocenters. The second-order valence-electron chi connectivity index (χ2n) is 17.6. The largest absolute Gasteiger partial charge is 0.465 e. The third-order valence-electron chi connectivity index (χ3n) is 11.9. The molecule has 1 saturated heterocycles. The summed E-state index contributed by atoms with van der Waals surface area (Å²) in [5.74, 6) is -2.39. The molecule has 13 heteroatoms. The van der Waals surface area contributed by atoms with Crippen LogP contribution in [0.25, 0.3) is 11.1 Å². The van der Waals surface area contributed by atoms with Crippen LogP contribution in [-0.4, -0.2) is 87.3 Å². The minimum atomic E-state index is -3.91.